The van der Waals surface area contributed by atoms with Crippen molar-refractivity contribution in [3.05, 3.63) is 41.7 Å². The monoisotopic (exact) mass is 256 g/mol. The highest BCUT2D eigenvalue weighted by atomic mass is 32.2. The van der Waals surface area contributed by atoms with Crippen LogP contribution in [0.3, 0.4) is 0 Å². The lowest BCUT2D eigenvalue weighted by atomic mass is 10.0. The van der Waals surface area contributed by atoms with Crippen molar-refractivity contribution < 1.29 is 0 Å². The number of nitrogens with one attached hydrogen (secondary N) is 1. The Morgan fingerprint density at radius 1 is 1.50 bits per heavy atom. The van der Waals surface area contributed by atoms with E-state index in [0.717, 1.165) is 21.9 Å². The minimum Gasteiger partial charge on any atom is -0.379 e. The fourth-order valence-electron chi connectivity index (χ4n) is 1.81. The van der Waals surface area contributed by atoms with Crippen molar-refractivity contribution in [2.75, 3.05) is 0 Å². The Balaban J connectivity index is 2.47. The van der Waals surface area contributed by atoms with E-state index in [2.05, 4.69) is 11.1 Å². The van der Waals surface area contributed by atoms with Gasteiger partial charge >= 0.3 is 0 Å². The highest BCUT2D eigenvalue weighted by molar-refractivity contribution is 8.13. The summed E-state index contributed by atoms with van der Waals surface area (Å²) in [5, 5.41) is 18.2. The molecule has 0 aliphatic heterocycles. The summed E-state index contributed by atoms with van der Waals surface area (Å²) in [6.07, 6.45) is 3.93. The molecule has 0 aliphatic rings. The molecule has 1 aromatic heterocycles. The largest absolute Gasteiger partial charge is 0.379 e. The number of rotatable bonds is 3. The molecular formula is C13H12N4S. The van der Waals surface area contributed by atoms with Crippen LogP contribution < -0.4 is 5.73 Å². The number of nitrogens with zero attached hydrogens (tertiary/aromatic N) is 2. The maximum absolute atomic E-state index is 8.78. The maximum atomic E-state index is 8.78. The SMILES string of the molecule is N#CCc1cc(CSC(=N)N)c2cnccc2c1. The number of nitriles is 1. The van der Waals surface area contributed by atoms with Gasteiger partial charge in [0.15, 0.2) is 5.17 Å². The molecule has 2 rings (SSSR count). The zero-order valence-electron chi connectivity index (χ0n) is 9.68. The van der Waals surface area contributed by atoms with E-state index in [1.54, 1.807) is 6.20 Å². The van der Waals surface area contributed by atoms with Crippen LogP contribution in [-0.4, -0.2) is 10.2 Å². The van der Waals surface area contributed by atoms with E-state index < -0.39 is 0 Å². The van der Waals surface area contributed by atoms with Crippen LogP contribution in [0.4, 0.5) is 0 Å². The number of pyridine rings is 1. The third kappa shape index (κ3) is 2.79. The smallest absolute Gasteiger partial charge is 0.151 e. The maximum Gasteiger partial charge on any atom is 0.151 e. The number of nitrogens with two attached hydrogens (primary N) is 1. The summed E-state index contributed by atoms with van der Waals surface area (Å²) >= 11 is 1.28. The number of aromatic nitrogens is 1. The van der Waals surface area contributed by atoms with E-state index >= 15 is 0 Å². The second kappa shape index (κ2) is 5.52. The first-order valence-corrected chi connectivity index (χ1v) is 6.38. The van der Waals surface area contributed by atoms with Crippen molar-refractivity contribution in [2.24, 2.45) is 5.73 Å². The zero-order chi connectivity index (χ0) is 13.0. The Hall–Kier alpha value is -2.06. The van der Waals surface area contributed by atoms with Crippen LogP contribution in [0.5, 0.6) is 0 Å². The summed E-state index contributed by atoms with van der Waals surface area (Å²) in [6.45, 7) is 0. The van der Waals surface area contributed by atoms with Crippen molar-refractivity contribution >= 4 is 27.7 Å². The van der Waals surface area contributed by atoms with E-state index in [-0.39, 0.29) is 5.17 Å². The van der Waals surface area contributed by atoms with Gasteiger partial charge in [-0.15, -0.1) is 0 Å². The van der Waals surface area contributed by atoms with Gasteiger partial charge in [-0.1, -0.05) is 17.8 Å². The van der Waals surface area contributed by atoms with Gasteiger partial charge in [-0.25, -0.2) is 0 Å². The molecule has 0 unspecified atom stereocenters. The summed E-state index contributed by atoms with van der Waals surface area (Å²) in [5.74, 6) is 0.622. The van der Waals surface area contributed by atoms with Crippen LogP contribution in [0.2, 0.25) is 0 Å². The van der Waals surface area contributed by atoms with Gasteiger partial charge in [-0.2, -0.15) is 5.26 Å². The normalized spacial score (nSPS) is 10.2. The lowest BCUT2D eigenvalue weighted by molar-refractivity contribution is 1.25. The predicted octanol–water partition coefficient (Wildman–Crippen LogP) is 2.43. The molecule has 2 aromatic rings. The molecule has 1 aromatic carbocycles. The molecule has 3 N–H and O–H groups in total. The highest BCUT2D eigenvalue weighted by Crippen LogP contribution is 2.24. The molecule has 1 heterocycles. The van der Waals surface area contributed by atoms with Gasteiger partial charge in [0.25, 0.3) is 0 Å². The van der Waals surface area contributed by atoms with Crippen molar-refractivity contribution in [3.63, 3.8) is 0 Å². The molecule has 0 saturated heterocycles. The van der Waals surface area contributed by atoms with Crippen LogP contribution in [-0.2, 0) is 12.2 Å². The summed E-state index contributed by atoms with van der Waals surface area (Å²) in [4.78, 5) is 4.12. The van der Waals surface area contributed by atoms with Crippen molar-refractivity contribution in [1.29, 1.82) is 10.7 Å². The number of benzene rings is 1. The standard InChI is InChI=1S/C13H12N4S/c14-3-1-9-5-10-2-4-17-7-12(10)11(6-9)8-18-13(15)16/h2,4-7H,1,8H2,(H3,15,16). The molecule has 0 bridgehead atoms. The van der Waals surface area contributed by atoms with E-state index in [9.17, 15) is 0 Å². The molecule has 90 valence electrons. The van der Waals surface area contributed by atoms with Crippen LogP contribution in [0, 0.1) is 16.7 Å². The highest BCUT2D eigenvalue weighted by Gasteiger charge is 2.05. The van der Waals surface area contributed by atoms with Gasteiger partial charge in [0.1, 0.15) is 0 Å². The number of hydrogen-bond acceptors (Lipinski definition) is 4. The first kappa shape index (κ1) is 12.4. The Morgan fingerprint density at radius 2 is 2.33 bits per heavy atom. The molecule has 5 heteroatoms. The molecule has 0 atom stereocenters. The predicted molar refractivity (Wildman–Crippen MR) is 74.3 cm³/mol. The minimum atomic E-state index is 0.0951. The fourth-order valence-corrected chi connectivity index (χ4v) is 2.36. The number of thioether (sulfide) groups is 1. The average Bonchev–Trinajstić information content (AvgIpc) is 2.36. The number of hydrogen-bond donors (Lipinski definition) is 2. The van der Waals surface area contributed by atoms with E-state index in [4.69, 9.17) is 16.4 Å². The zero-order valence-corrected chi connectivity index (χ0v) is 10.5. The molecule has 4 nitrogen and oxygen atoms in total. The van der Waals surface area contributed by atoms with E-state index in [1.807, 2.05) is 24.4 Å². The molecule has 0 saturated carbocycles. The number of amidine groups is 1. The Morgan fingerprint density at radius 3 is 3.06 bits per heavy atom. The summed E-state index contributed by atoms with van der Waals surface area (Å²) in [5.41, 5.74) is 7.40. The second-order valence-electron chi connectivity index (χ2n) is 3.84. The van der Waals surface area contributed by atoms with Gasteiger partial charge in [-0.05, 0) is 28.6 Å². The van der Waals surface area contributed by atoms with Crippen molar-refractivity contribution in [2.45, 2.75) is 12.2 Å². The summed E-state index contributed by atoms with van der Waals surface area (Å²) in [7, 11) is 0. The summed E-state index contributed by atoms with van der Waals surface area (Å²) < 4.78 is 0. The van der Waals surface area contributed by atoms with Crippen LogP contribution in [0.25, 0.3) is 10.8 Å². The summed E-state index contributed by atoms with van der Waals surface area (Å²) in [6, 6.07) is 8.07. The van der Waals surface area contributed by atoms with Crippen molar-refractivity contribution in [1.82, 2.24) is 4.98 Å². The molecule has 18 heavy (non-hydrogen) atoms. The lowest BCUT2D eigenvalue weighted by Crippen LogP contribution is -2.04. The first-order chi connectivity index (χ1) is 8.70. The Kier molecular flexibility index (Phi) is 3.80. The van der Waals surface area contributed by atoms with Gasteiger partial charge in [-0.3, -0.25) is 10.4 Å². The minimum absolute atomic E-state index is 0.0951. The van der Waals surface area contributed by atoms with Crippen LogP contribution in [0.15, 0.2) is 30.6 Å². The molecule has 0 aliphatic carbocycles. The first-order valence-electron chi connectivity index (χ1n) is 5.40. The van der Waals surface area contributed by atoms with E-state index in [1.165, 1.54) is 11.8 Å². The van der Waals surface area contributed by atoms with Crippen LogP contribution >= 0.6 is 11.8 Å². The topological polar surface area (TPSA) is 86.5 Å². The Labute approximate surface area is 109 Å². The van der Waals surface area contributed by atoms with Crippen LogP contribution in [0.1, 0.15) is 11.1 Å². The number of fused-ring (bicyclic) bond motifs is 1. The fraction of sp³-hybridized carbons (Fsp3) is 0.154. The van der Waals surface area contributed by atoms with Gasteiger partial charge < -0.3 is 5.73 Å². The molecule has 0 amide bonds. The molecule has 0 fully saturated rings. The molecular weight excluding hydrogens is 244 g/mol. The average molecular weight is 256 g/mol. The third-order valence-corrected chi connectivity index (χ3v) is 3.33. The van der Waals surface area contributed by atoms with Gasteiger partial charge in [0.2, 0.25) is 0 Å². The third-order valence-electron chi connectivity index (χ3n) is 2.57. The van der Waals surface area contributed by atoms with Gasteiger partial charge in [0.05, 0.1) is 12.5 Å². The molecule has 0 spiro atoms. The van der Waals surface area contributed by atoms with E-state index in [0.29, 0.717) is 12.2 Å². The van der Waals surface area contributed by atoms with Gasteiger partial charge in [0, 0.05) is 23.5 Å². The van der Waals surface area contributed by atoms with Crippen molar-refractivity contribution in [3.8, 4) is 6.07 Å². The molecule has 0 radical (unpaired) electrons. The lowest BCUT2D eigenvalue weighted by Gasteiger charge is -2.08. The quantitative estimate of drug-likeness (QED) is 0.652. The Bertz CT molecular complexity index is 630. The second-order valence-corrected chi connectivity index (χ2v) is 4.86.